The lowest BCUT2D eigenvalue weighted by molar-refractivity contribution is -0.122. The van der Waals surface area contributed by atoms with Crippen LogP contribution in [0.15, 0.2) is 18.2 Å². The molecule has 0 aliphatic carbocycles. The molecule has 0 radical (unpaired) electrons. The minimum atomic E-state index is -4.46. The molecular formula is C11H10F3N3O. The molecule has 0 aliphatic heterocycles. The number of hydrogen-bond acceptors (Lipinski definition) is 2. The average molecular weight is 257 g/mol. The number of carbonyl (C=O) groups is 1. The molecule has 1 aromatic rings. The number of urea groups is 1. The van der Waals surface area contributed by atoms with Gasteiger partial charge in [-0.1, -0.05) is 6.07 Å². The Morgan fingerprint density at radius 1 is 1.44 bits per heavy atom. The van der Waals surface area contributed by atoms with Gasteiger partial charge in [0.25, 0.3) is 0 Å². The van der Waals surface area contributed by atoms with Crippen molar-refractivity contribution in [2.24, 2.45) is 0 Å². The Hall–Kier alpha value is -2.23. The number of halogens is 3. The number of rotatable bonds is 2. The van der Waals surface area contributed by atoms with E-state index in [1.165, 1.54) is 6.07 Å². The van der Waals surface area contributed by atoms with Gasteiger partial charge in [-0.25, -0.2) is 4.79 Å². The molecule has 7 heteroatoms. The van der Waals surface area contributed by atoms with Crippen molar-refractivity contribution in [3.05, 3.63) is 29.3 Å². The highest BCUT2D eigenvalue weighted by Gasteiger charge is 2.27. The van der Waals surface area contributed by atoms with Crippen molar-refractivity contribution >= 4 is 11.7 Å². The number of hydrogen-bond donors (Lipinski definition) is 2. The first-order valence-corrected chi connectivity index (χ1v) is 4.94. The number of nitrogens with zero attached hydrogens (tertiary/aromatic N) is 1. The van der Waals surface area contributed by atoms with Crippen LogP contribution in [0, 0.1) is 18.3 Å². The normalized spacial score (nSPS) is 10.6. The Morgan fingerprint density at radius 3 is 2.67 bits per heavy atom. The second kappa shape index (κ2) is 5.40. The Morgan fingerprint density at radius 2 is 2.11 bits per heavy atom. The first-order valence-electron chi connectivity index (χ1n) is 4.94. The molecule has 1 rings (SSSR count). The Balaban J connectivity index is 2.68. The summed E-state index contributed by atoms with van der Waals surface area (Å²) in [5.74, 6) is 0. The van der Waals surface area contributed by atoms with Crippen LogP contribution in [0.25, 0.3) is 0 Å². The number of nitriles is 1. The van der Waals surface area contributed by atoms with Crippen molar-refractivity contribution in [2.45, 2.75) is 13.1 Å². The lowest BCUT2D eigenvalue weighted by atomic mass is 10.1. The number of alkyl halides is 3. The second-order valence-electron chi connectivity index (χ2n) is 3.56. The summed E-state index contributed by atoms with van der Waals surface area (Å²) < 4.78 is 35.6. The summed E-state index contributed by atoms with van der Waals surface area (Å²) in [5.41, 5.74) is 1.26. The van der Waals surface area contributed by atoms with E-state index in [1.54, 1.807) is 24.4 Å². The fourth-order valence-corrected chi connectivity index (χ4v) is 1.17. The third kappa shape index (κ3) is 4.33. The Labute approximate surface area is 101 Å². The fourth-order valence-electron chi connectivity index (χ4n) is 1.17. The van der Waals surface area contributed by atoms with Crippen LogP contribution in [0.4, 0.5) is 23.7 Å². The molecule has 0 aromatic heterocycles. The molecule has 0 aliphatic rings. The zero-order valence-corrected chi connectivity index (χ0v) is 9.43. The number of nitrogens with one attached hydrogen (secondary N) is 2. The lowest BCUT2D eigenvalue weighted by Gasteiger charge is -2.11. The molecule has 0 saturated heterocycles. The van der Waals surface area contributed by atoms with Gasteiger partial charge in [-0.15, -0.1) is 0 Å². The highest BCUT2D eigenvalue weighted by Crippen LogP contribution is 2.16. The van der Waals surface area contributed by atoms with Crippen molar-refractivity contribution in [3.8, 4) is 6.07 Å². The van der Waals surface area contributed by atoms with Gasteiger partial charge in [0, 0.05) is 5.69 Å². The molecule has 2 amide bonds. The van der Waals surface area contributed by atoms with E-state index in [0.717, 1.165) is 0 Å². The third-order valence-corrected chi connectivity index (χ3v) is 2.06. The Kier molecular flexibility index (Phi) is 4.15. The van der Waals surface area contributed by atoms with Gasteiger partial charge in [-0.05, 0) is 24.6 Å². The van der Waals surface area contributed by atoms with Crippen LogP contribution in [0.2, 0.25) is 0 Å². The van der Waals surface area contributed by atoms with Gasteiger partial charge in [-0.3, -0.25) is 0 Å². The van der Waals surface area contributed by atoms with E-state index in [-0.39, 0.29) is 0 Å². The molecule has 0 bridgehead atoms. The predicted octanol–water partition coefficient (Wildman–Crippen LogP) is 2.55. The van der Waals surface area contributed by atoms with Gasteiger partial charge in [0.05, 0.1) is 11.6 Å². The van der Waals surface area contributed by atoms with Crippen LogP contribution < -0.4 is 10.6 Å². The molecule has 0 spiro atoms. The summed E-state index contributed by atoms with van der Waals surface area (Å²) in [4.78, 5) is 11.2. The summed E-state index contributed by atoms with van der Waals surface area (Å²) in [6.07, 6.45) is -4.46. The monoisotopic (exact) mass is 257 g/mol. The first-order chi connectivity index (χ1) is 8.31. The number of carbonyl (C=O) groups excluding carboxylic acids is 1. The van der Waals surface area contributed by atoms with E-state index in [1.807, 2.05) is 6.07 Å². The molecule has 0 atom stereocenters. The van der Waals surface area contributed by atoms with Crippen LogP contribution in [-0.2, 0) is 0 Å². The fraction of sp³-hybridized carbons (Fsp3) is 0.273. The van der Waals surface area contributed by atoms with Crippen molar-refractivity contribution in [2.75, 3.05) is 11.9 Å². The van der Waals surface area contributed by atoms with Crippen LogP contribution in [0.1, 0.15) is 11.1 Å². The lowest BCUT2D eigenvalue weighted by Crippen LogP contribution is -2.36. The highest BCUT2D eigenvalue weighted by molar-refractivity contribution is 5.90. The van der Waals surface area contributed by atoms with E-state index in [9.17, 15) is 18.0 Å². The summed E-state index contributed by atoms with van der Waals surface area (Å²) in [5, 5.41) is 12.6. The maximum Gasteiger partial charge on any atom is 0.405 e. The summed E-state index contributed by atoms with van der Waals surface area (Å²) >= 11 is 0. The number of aryl methyl sites for hydroxylation is 1. The van der Waals surface area contributed by atoms with Crippen LogP contribution in [0.5, 0.6) is 0 Å². The SMILES string of the molecule is Cc1ccc(C#N)cc1NC(=O)NCC(F)(F)F. The van der Waals surface area contributed by atoms with E-state index in [2.05, 4.69) is 5.32 Å². The van der Waals surface area contributed by atoms with Crippen LogP contribution >= 0.6 is 0 Å². The summed E-state index contributed by atoms with van der Waals surface area (Å²) in [6.45, 7) is 0.260. The molecule has 2 N–H and O–H groups in total. The quantitative estimate of drug-likeness (QED) is 0.855. The molecule has 4 nitrogen and oxygen atoms in total. The minimum absolute atomic E-state index is 0.300. The summed E-state index contributed by atoms with van der Waals surface area (Å²) in [6, 6.07) is 5.44. The smallest absolute Gasteiger partial charge is 0.329 e. The van der Waals surface area contributed by atoms with Gasteiger partial charge >= 0.3 is 12.2 Å². The van der Waals surface area contributed by atoms with Gasteiger partial charge in [0.15, 0.2) is 0 Å². The largest absolute Gasteiger partial charge is 0.405 e. The number of amides is 2. The maximum absolute atomic E-state index is 11.9. The molecule has 96 valence electrons. The predicted molar refractivity (Wildman–Crippen MR) is 59.0 cm³/mol. The average Bonchev–Trinajstić information content (AvgIpc) is 2.28. The maximum atomic E-state index is 11.9. The molecular weight excluding hydrogens is 247 g/mol. The van der Waals surface area contributed by atoms with E-state index >= 15 is 0 Å². The van der Waals surface area contributed by atoms with Crippen molar-refractivity contribution in [1.82, 2.24) is 5.32 Å². The van der Waals surface area contributed by atoms with Crippen molar-refractivity contribution in [1.29, 1.82) is 5.26 Å². The molecule has 0 heterocycles. The van der Waals surface area contributed by atoms with Gasteiger partial charge in [-0.2, -0.15) is 18.4 Å². The Bertz CT molecular complexity index is 491. The molecule has 18 heavy (non-hydrogen) atoms. The molecule has 0 fully saturated rings. The topological polar surface area (TPSA) is 64.9 Å². The van der Waals surface area contributed by atoms with Crippen LogP contribution in [-0.4, -0.2) is 18.8 Å². The van der Waals surface area contributed by atoms with Gasteiger partial charge in [0.1, 0.15) is 6.54 Å². The number of anilines is 1. The summed E-state index contributed by atoms with van der Waals surface area (Å²) in [7, 11) is 0. The van der Waals surface area contributed by atoms with Gasteiger partial charge < -0.3 is 10.6 Å². The zero-order valence-electron chi connectivity index (χ0n) is 9.43. The second-order valence-corrected chi connectivity index (χ2v) is 3.56. The number of benzene rings is 1. The molecule has 1 aromatic carbocycles. The standard InChI is InChI=1S/C11H10F3N3O/c1-7-2-3-8(5-15)4-9(7)17-10(18)16-6-11(12,13)14/h2-4H,6H2,1H3,(H2,16,17,18). The van der Waals surface area contributed by atoms with E-state index in [4.69, 9.17) is 5.26 Å². The zero-order chi connectivity index (χ0) is 13.8. The van der Waals surface area contributed by atoms with Crippen molar-refractivity contribution < 1.29 is 18.0 Å². The van der Waals surface area contributed by atoms with Crippen molar-refractivity contribution in [3.63, 3.8) is 0 Å². The van der Waals surface area contributed by atoms with E-state index in [0.29, 0.717) is 16.8 Å². The molecule has 0 saturated carbocycles. The molecule has 0 unspecified atom stereocenters. The third-order valence-electron chi connectivity index (χ3n) is 2.06. The van der Waals surface area contributed by atoms with Gasteiger partial charge in [0.2, 0.25) is 0 Å². The first kappa shape index (κ1) is 13.8. The van der Waals surface area contributed by atoms with Crippen LogP contribution in [0.3, 0.4) is 0 Å². The highest BCUT2D eigenvalue weighted by atomic mass is 19.4. The minimum Gasteiger partial charge on any atom is -0.329 e. The van der Waals surface area contributed by atoms with E-state index < -0.39 is 18.8 Å².